The van der Waals surface area contributed by atoms with Gasteiger partial charge in [-0.15, -0.1) is 0 Å². The normalized spacial score (nSPS) is 13.8. The minimum Gasteiger partial charge on any atom is -0.398 e. The van der Waals surface area contributed by atoms with Gasteiger partial charge < -0.3 is 16.2 Å². The number of nitrogens with two attached hydrogens (primary N) is 1. The smallest absolute Gasteiger partial charge is 0.398 e. The minimum absolute atomic E-state index is 0.0578. The molecule has 4 N–H and O–H groups in total. The SMILES string of the molecule is CNCC(O)c1ccc(C(F)(F)F)cc1N. The Morgan fingerprint density at radius 3 is 2.50 bits per heavy atom. The molecule has 1 aromatic carbocycles. The predicted molar refractivity (Wildman–Crippen MR) is 54.7 cm³/mol. The van der Waals surface area contributed by atoms with E-state index in [1.807, 2.05) is 0 Å². The van der Waals surface area contributed by atoms with Gasteiger partial charge in [-0.2, -0.15) is 13.2 Å². The van der Waals surface area contributed by atoms with Crippen LogP contribution in [-0.2, 0) is 6.18 Å². The number of aliphatic hydroxyl groups excluding tert-OH is 1. The molecule has 1 aromatic rings. The third kappa shape index (κ3) is 2.86. The van der Waals surface area contributed by atoms with Gasteiger partial charge in [-0.25, -0.2) is 0 Å². The summed E-state index contributed by atoms with van der Waals surface area (Å²) in [7, 11) is 1.63. The summed E-state index contributed by atoms with van der Waals surface area (Å²) in [4.78, 5) is 0. The lowest BCUT2D eigenvalue weighted by Gasteiger charge is -2.15. The molecule has 3 nitrogen and oxygen atoms in total. The Balaban J connectivity index is 3.00. The summed E-state index contributed by atoms with van der Waals surface area (Å²) in [5, 5.41) is 12.3. The largest absolute Gasteiger partial charge is 0.416 e. The van der Waals surface area contributed by atoms with E-state index >= 15 is 0 Å². The van der Waals surface area contributed by atoms with E-state index in [4.69, 9.17) is 5.73 Å². The van der Waals surface area contributed by atoms with Crippen LogP contribution >= 0.6 is 0 Å². The fourth-order valence-electron chi connectivity index (χ4n) is 1.36. The topological polar surface area (TPSA) is 58.3 Å². The third-order valence-corrected chi connectivity index (χ3v) is 2.17. The number of nitrogens with one attached hydrogen (secondary N) is 1. The van der Waals surface area contributed by atoms with Crippen LogP contribution in [-0.4, -0.2) is 18.7 Å². The van der Waals surface area contributed by atoms with Crippen molar-refractivity contribution in [3.63, 3.8) is 0 Å². The molecule has 1 unspecified atom stereocenters. The quantitative estimate of drug-likeness (QED) is 0.695. The molecular weight excluding hydrogens is 221 g/mol. The molecule has 0 spiro atoms. The van der Waals surface area contributed by atoms with E-state index in [9.17, 15) is 18.3 Å². The number of likely N-dealkylation sites (N-methyl/N-ethyl adjacent to an activating group) is 1. The minimum atomic E-state index is -4.42. The van der Waals surface area contributed by atoms with Gasteiger partial charge in [0.1, 0.15) is 0 Å². The first kappa shape index (κ1) is 12.8. The van der Waals surface area contributed by atoms with E-state index in [0.29, 0.717) is 5.56 Å². The van der Waals surface area contributed by atoms with E-state index in [-0.39, 0.29) is 12.2 Å². The average molecular weight is 234 g/mol. The highest BCUT2D eigenvalue weighted by atomic mass is 19.4. The van der Waals surface area contributed by atoms with Crippen LogP contribution < -0.4 is 11.1 Å². The Morgan fingerprint density at radius 2 is 2.06 bits per heavy atom. The fourth-order valence-corrected chi connectivity index (χ4v) is 1.36. The van der Waals surface area contributed by atoms with Crippen LogP contribution in [0.1, 0.15) is 17.2 Å². The fraction of sp³-hybridized carbons (Fsp3) is 0.400. The lowest BCUT2D eigenvalue weighted by Crippen LogP contribution is -2.18. The molecule has 0 radical (unpaired) electrons. The van der Waals surface area contributed by atoms with Crippen LogP contribution in [0.15, 0.2) is 18.2 Å². The number of benzene rings is 1. The van der Waals surface area contributed by atoms with Crippen LogP contribution in [0.25, 0.3) is 0 Å². The first-order valence-corrected chi connectivity index (χ1v) is 4.65. The first-order chi connectivity index (χ1) is 7.36. The first-order valence-electron chi connectivity index (χ1n) is 4.65. The van der Waals surface area contributed by atoms with Gasteiger partial charge in [-0.3, -0.25) is 0 Å². The Bertz CT molecular complexity index is 366. The molecule has 1 rings (SSSR count). The number of nitrogen functional groups attached to an aromatic ring is 1. The number of halogens is 3. The highest BCUT2D eigenvalue weighted by molar-refractivity contribution is 5.51. The van der Waals surface area contributed by atoms with E-state index in [1.54, 1.807) is 7.05 Å². The Labute approximate surface area is 91.1 Å². The van der Waals surface area contributed by atoms with Gasteiger partial charge in [0.15, 0.2) is 0 Å². The van der Waals surface area contributed by atoms with Gasteiger partial charge in [0.25, 0.3) is 0 Å². The van der Waals surface area contributed by atoms with Crippen molar-refractivity contribution in [2.75, 3.05) is 19.3 Å². The van der Waals surface area contributed by atoms with Crippen molar-refractivity contribution in [1.82, 2.24) is 5.32 Å². The van der Waals surface area contributed by atoms with Gasteiger partial charge >= 0.3 is 6.18 Å². The number of alkyl halides is 3. The number of hydrogen-bond acceptors (Lipinski definition) is 3. The molecule has 0 amide bonds. The van der Waals surface area contributed by atoms with Gasteiger partial charge in [-0.05, 0) is 19.2 Å². The second-order valence-corrected chi connectivity index (χ2v) is 3.41. The molecule has 0 aliphatic heterocycles. The molecule has 0 fully saturated rings. The molecule has 0 aliphatic carbocycles. The molecule has 0 saturated heterocycles. The molecule has 0 bridgehead atoms. The van der Waals surface area contributed by atoms with Crippen molar-refractivity contribution in [3.05, 3.63) is 29.3 Å². The van der Waals surface area contributed by atoms with Crippen molar-refractivity contribution in [2.45, 2.75) is 12.3 Å². The molecule has 1 atom stereocenters. The van der Waals surface area contributed by atoms with Crippen molar-refractivity contribution in [2.24, 2.45) is 0 Å². The highest BCUT2D eigenvalue weighted by Crippen LogP contribution is 2.32. The van der Waals surface area contributed by atoms with E-state index in [1.165, 1.54) is 6.07 Å². The number of hydrogen-bond donors (Lipinski definition) is 3. The molecule has 0 heterocycles. The van der Waals surface area contributed by atoms with Gasteiger partial charge in [0.2, 0.25) is 0 Å². The summed E-state index contributed by atoms with van der Waals surface area (Å²) in [6.07, 6.45) is -5.33. The molecule has 0 aromatic heterocycles. The lowest BCUT2D eigenvalue weighted by atomic mass is 10.0. The zero-order valence-corrected chi connectivity index (χ0v) is 8.67. The van der Waals surface area contributed by atoms with E-state index in [2.05, 4.69) is 5.32 Å². The molecule has 16 heavy (non-hydrogen) atoms. The molecule has 90 valence electrons. The van der Waals surface area contributed by atoms with Crippen molar-refractivity contribution >= 4 is 5.69 Å². The number of rotatable bonds is 3. The summed E-state index contributed by atoms with van der Waals surface area (Å²) >= 11 is 0. The molecule has 6 heteroatoms. The van der Waals surface area contributed by atoms with Crippen molar-refractivity contribution in [1.29, 1.82) is 0 Å². The molecule has 0 saturated carbocycles. The van der Waals surface area contributed by atoms with Crippen LogP contribution in [0.5, 0.6) is 0 Å². The van der Waals surface area contributed by atoms with Crippen LogP contribution in [0.2, 0.25) is 0 Å². The molecule has 0 aliphatic rings. The molecular formula is C10H13F3N2O. The van der Waals surface area contributed by atoms with Gasteiger partial charge in [-0.1, -0.05) is 6.07 Å². The lowest BCUT2D eigenvalue weighted by molar-refractivity contribution is -0.137. The maximum Gasteiger partial charge on any atom is 0.416 e. The van der Waals surface area contributed by atoms with Crippen LogP contribution in [0.4, 0.5) is 18.9 Å². The highest BCUT2D eigenvalue weighted by Gasteiger charge is 2.31. The number of anilines is 1. The van der Waals surface area contributed by atoms with Crippen LogP contribution in [0, 0.1) is 0 Å². The van der Waals surface area contributed by atoms with Crippen LogP contribution in [0.3, 0.4) is 0 Å². The summed E-state index contributed by atoms with van der Waals surface area (Å²) < 4.78 is 37.0. The zero-order valence-electron chi connectivity index (χ0n) is 8.67. The van der Waals surface area contributed by atoms with Gasteiger partial charge in [0, 0.05) is 17.8 Å². The summed E-state index contributed by atoms with van der Waals surface area (Å²) in [5.41, 5.74) is 4.88. The second-order valence-electron chi connectivity index (χ2n) is 3.41. The Kier molecular flexibility index (Phi) is 3.77. The standard InChI is InChI=1S/C10H13F3N2O/c1-15-5-9(16)7-3-2-6(4-8(7)14)10(11,12)13/h2-4,9,15-16H,5,14H2,1H3. The van der Waals surface area contributed by atoms with Crippen molar-refractivity contribution < 1.29 is 18.3 Å². The number of aliphatic hydroxyl groups is 1. The zero-order chi connectivity index (χ0) is 12.3. The Hall–Kier alpha value is -1.27. The van der Waals surface area contributed by atoms with E-state index < -0.39 is 17.8 Å². The summed E-state index contributed by atoms with van der Waals surface area (Å²) in [6.45, 7) is 0.232. The third-order valence-electron chi connectivity index (χ3n) is 2.17. The monoisotopic (exact) mass is 234 g/mol. The van der Waals surface area contributed by atoms with Crippen molar-refractivity contribution in [3.8, 4) is 0 Å². The maximum atomic E-state index is 12.3. The Morgan fingerprint density at radius 1 is 1.44 bits per heavy atom. The summed E-state index contributed by atoms with van der Waals surface area (Å²) in [6, 6.07) is 2.93. The van der Waals surface area contributed by atoms with E-state index in [0.717, 1.165) is 12.1 Å². The summed E-state index contributed by atoms with van der Waals surface area (Å²) in [5.74, 6) is 0. The van der Waals surface area contributed by atoms with Gasteiger partial charge in [0.05, 0.1) is 11.7 Å². The second kappa shape index (κ2) is 4.71. The predicted octanol–water partition coefficient (Wildman–Crippen LogP) is 1.54. The maximum absolute atomic E-state index is 12.3. The average Bonchev–Trinajstić information content (AvgIpc) is 2.16.